The van der Waals surface area contributed by atoms with Crippen LogP contribution >= 0.6 is 0 Å². The molecule has 1 fully saturated rings. The Morgan fingerprint density at radius 1 is 0.935 bits per heavy atom. The van der Waals surface area contributed by atoms with Gasteiger partial charge in [0, 0.05) is 24.3 Å². The summed E-state index contributed by atoms with van der Waals surface area (Å²) in [6, 6.07) is 17.6. The zero-order valence-corrected chi connectivity index (χ0v) is 18.1. The van der Waals surface area contributed by atoms with Crippen LogP contribution in [-0.4, -0.2) is 35.8 Å². The van der Waals surface area contributed by atoms with Crippen molar-refractivity contribution in [1.82, 2.24) is 10.2 Å². The SMILES string of the molecule is Cc1cc(C)cc(OCC(=O)Nc2ccc(-c3ccc(N4CCCCC4)nn3)cc2)c1. The van der Waals surface area contributed by atoms with Crippen LogP contribution in [0.15, 0.2) is 54.6 Å². The molecule has 0 spiro atoms. The van der Waals surface area contributed by atoms with Gasteiger partial charge >= 0.3 is 0 Å². The number of nitrogens with one attached hydrogen (secondary N) is 1. The third kappa shape index (κ3) is 5.60. The fraction of sp³-hybridized carbons (Fsp3) is 0.320. The molecule has 1 aromatic heterocycles. The van der Waals surface area contributed by atoms with E-state index in [1.165, 1.54) is 19.3 Å². The summed E-state index contributed by atoms with van der Waals surface area (Å²) < 4.78 is 5.62. The van der Waals surface area contributed by atoms with E-state index in [4.69, 9.17) is 4.74 Å². The molecule has 6 heteroatoms. The highest BCUT2D eigenvalue weighted by Gasteiger charge is 2.13. The number of carbonyl (C=O) groups excluding carboxylic acids is 1. The number of aromatic nitrogens is 2. The summed E-state index contributed by atoms with van der Waals surface area (Å²) in [5.41, 5.74) is 4.71. The maximum atomic E-state index is 12.2. The van der Waals surface area contributed by atoms with Gasteiger partial charge in [-0.2, -0.15) is 0 Å². The standard InChI is InChI=1S/C25H28N4O2/c1-18-14-19(2)16-22(15-18)31-17-25(30)26-21-8-6-20(7-9-21)23-10-11-24(28-27-23)29-12-4-3-5-13-29/h6-11,14-16H,3-5,12-13,17H2,1-2H3,(H,26,30). The normalized spacial score (nSPS) is 13.7. The number of hydrogen-bond donors (Lipinski definition) is 1. The molecular formula is C25H28N4O2. The molecule has 0 saturated carbocycles. The molecule has 1 amide bonds. The smallest absolute Gasteiger partial charge is 0.262 e. The van der Waals surface area contributed by atoms with Crippen LogP contribution < -0.4 is 15.0 Å². The Morgan fingerprint density at radius 3 is 2.29 bits per heavy atom. The van der Waals surface area contributed by atoms with Crippen molar-refractivity contribution in [3.8, 4) is 17.0 Å². The molecular weight excluding hydrogens is 388 g/mol. The molecule has 1 N–H and O–H groups in total. The Morgan fingerprint density at radius 2 is 1.65 bits per heavy atom. The fourth-order valence-electron chi connectivity index (χ4n) is 3.86. The molecule has 2 heterocycles. The highest BCUT2D eigenvalue weighted by molar-refractivity contribution is 5.92. The molecule has 2 aromatic carbocycles. The predicted octanol–water partition coefficient (Wildman–Crippen LogP) is 4.77. The van der Waals surface area contributed by atoms with Crippen molar-refractivity contribution in [2.75, 3.05) is 29.9 Å². The highest BCUT2D eigenvalue weighted by Crippen LogP contribution is 2.22. The minimum atomic E-state index is -0.197. The molecule has 31 heavy (non-hydrogen) atoms. The van der Waals surface area contributed by atoms with Crippen molar-refractivity contribution < 1.29 is 9.53 Å². The van der Waals surface area contributed by atoms with E-state index in [1.54, 1.807) is 0 Å². The zero-order valence-electron chi connectivity index (χ0n) is 18.1. The number of benzene rings is 2. The highest BCUT2D eigenvalue weighted by atomic mass is 16.5. The number of aryl methyl sites for hydroxylation is 2. The first kappa shape index (κ1) is 20.8. The van der Waals surface area contributed by atoms with Gasteiger partial charge in [0.05, 0.1) is 5.69 Å². The lowest BCUT2D eigenvalue weighted by Gasteiger charge is -2.27. The molecule has 0 bridgehead atoms. The molecule has 3 aromatic rings. The van der Waals surface area contributed by atoms with Gasteiger partial charge in [0.1, 0.15) is 5.75 Å². The van der Waals surface area contributed by atoms with Gasteiger partial charge in [-0.25, -0.2) is 0 Å². The first-order chi connectivity index (χ1) is 15.1. The average Bonchev–Trinajstić information content (AvgIpc) is 2.78. The maximum absolute atomic E-state index is 12.2. The minimum absolute atomic E-state index is 0.0336. The lowest BCUT2D eigenvalue weighted by molar-refractivity contribution is -0.118. The van der Waals surface area contributed by atoms with Crippen molar-refractivity contribution in [3.05, 3.63) is 65.7 Å². The Balaban J connectivity index is 1.32. The second kappa shape index (κ2) is 9.60. The number of anilines is 2. The van der Waals surface area contributed by atoms with E-state index < -0.39 is 0 Å². The number of rotatable bonds is 6. The molecule has 6 nitrogen and oxygen atoms in total. The van der Waals surface area contributed by atoms with E-state index in [1.807, 2.05) is 62.4 Å². The first-order valence-electron chi connectivity index (χ1n) is 10.8. The summed E-state index contributed by atoms with van der Waals surface area (Å²) in [5, 5.41) is 11.7. The van der Waals surface area contributed by atoms with Gasteiger partial charge in [-0.05, 0) is 80.6 Å². The molecule has 0 atom stereocenters. The lowest BCUT2D eigenvalue weighted by atomic mass is 10.1. The third-order valence-corrected chi connectivity index (χ3v) is 5.36. The number of carbonyl (C=O) groups is 1. The van der Waals surface area contributed by atoms with E-state index in [9.17, 15) is 4.79 Å². The average molecular weight is 417 g/mol. The van der Waals surface area contributed by atoms with Crippen LogP contribution in [0.2, 0.25) is 0 Å². The monoisotopic (exact) mass is 416 g/mol. The maximum Gasteiger partial charge on any atom is 0.262 e. The van der Waals surface area contributed by atoms with Crippen molar-refractivity contribution in [1.29, 1.82) is 0 Å². The Labute approximate surface area is 183 Å². The lowest BCUT2D eigenvalue weighted by Crippen LogP contribution is -2.30. The van der Waals surface area contributed by atoms with Crippen LogP contribution in [0.4, 0.5) is 11.5 Å². The van der Waals surface area contributed by atoms with Crippen molar-refractivity contribution >= 4 is 17.4 Å². The van der Waals surface area contributed by atoms with Crippen molar-refractivity contribution in [2.24, 2.45) is 0 Å². The van der Waals surface area contributed by atoms with Crippen molar-refractivity contribution in [2.45, 2.75) is 33.1 Å². The van der Waals surface area contributed by atoms with Gasteiger partial charge < -0.3 is 15.0 Å². The van der Waals surface area contributed by atoms with Crippen LogP contribution in [0.1, 0.15) is 30.4 Å². The van der Waals surface area contributed by atoms with Crippen LogP contribution in [0.5, 0.6) is 5.75 Å². The second-order valence-corrected chi connectivity index (χ2v) is 8.06. The first-order valence-corrected chi connectivity index (χ1v) is 10.8. The van der Waals surface area contributed by atoms with Crippen molar-refractivity contribution in [3.63, 3.8) is 0 Å². The quantitative estimate of drug-likeness (QED) is 0.627. The van der Waals surface area contributed by atoms with E-state index >= 15 is 0 Å². The summed E-state index contributed by atoms with van der Waals surface area (Å²) in [6.45, 7) is 6.08. The molecule has 1 aliphatic heterocycles. The Kier molecular flexibility index (Phi) is 6.46. The second-order valence-electron chi connectivity index (χ2n) is 8.06. The third-order valence-electron chi connectivity index (χ3n) is 5.36. The van der Waals surface area contributed by atoms with E-state index in [2.05, 4.69) is 26.5 Å². The fourth-order valence-corrected chi connectivity index (χ4v) is 3.86. The number of ether oxygens (including phenoxy) is 1. The molecule has 1 saturated heterocycles. The van der Waals surface area contributed by atoms with E-state index in [0.29, 0.717) is 5.75 Å². The van der Waals surface area contributed by atoms with Gasteiger partial charge in [0.15, 0.2) is 12.4 Å². The Hall–Kier alpha value is -3.41. The topological polar surface area (TPSA) is 67.3 Å². The number of amides is 1. The summed E-state index contributed by atoms with van der Waals surface area (Å²) >= 11 is 0. The molecule has 0 aliphatic carbocycles. The number of nitrogens with zero attached hydrogens (tertiary/aromatic N) is 3. The van der Waals surface area contributed by atoms with Gasteiger partial charge in [0.25, 0.3) is 5.91 Å². The van der Waals surface area contributed by atoms with Gasteiger partial charge in [-0.3, -0.25) is 4.79 Å². The van der Waals surface area contributed by atoms with Gasteiger partial charge in [-0.1, -0.05) is 18.2 Å². The summed E-state index contributed by atoms with van der Waals surface area (Å²) in [4.78, 5) is 14.5. The summed E-state index contributed by atoms with van der Waals surface area (Å²) in [5.74, 6) is 1.45. The predicted molar refractivity (Wildman–Crippen MR) is 124 cm³/mol. The number of hydrogen-bond acceptors (Lipinski definition) is 5. The molecule has 1 aliphatic rings. The minimum Gasteiger partial charge on any atom is -0.484 e. The van der Waals surface area contributed by atoms with Gasteiger partial charge in [0.2, 0.25) is 0 Å². The van der Waals surface area contributed by atoms with Gasteiger partial charge in [-0.15, -0.1) is 10.2 Å². The largest absolute Gasteiger partial charge is 0.484 e. The molecule has 160 valence electrons. The molecule has 0 radical (unpaired) electrons. The summed E-state index contributed by atoms with van der Waals surface area (Å²) in [7, 11) is 0. The van der Waals surface area contributed by atoms with E-state index in [0.717, 1.165) is 47.0 Å². The zero-order chi connectivity index (χ0) is 21.6. The van der Waals surface area contributed by atoms with Crippen LogP contribution in [0.25, 0.3) is 11.3 Å². The summed E-state index contributed by atoms with van der Waals surface area (Å²) in [6.07, 6.45) is 3.72. The number of piperidine rings is 1. The van der Waals surface area contributed by atoms with Crippen LogP contribution in [0.3, 0.4) is 0 Å². The molecule has 4 rings (SSSR count). The molecule has 0 unspecified atom stereocenters. The van der Waals surface area contributed by atoms with Crippen LogP contribution in [-0.2, 0) is 4.79 Å². The Bertz CT molecular complexity index is 1010. The van der Waals surface area contributed by atoms with E-state index in [-0.39, 0.29) is 12.5 Å². The van der Waals surface area contributed by atoms with Crippen LogP contribution in [0, 0.1) is 13.8 Å².